The molecule has 8 heteroatoms. The number of rotatable bonds is 4. The van der Waals surface area contributed by atoms with Crippen LogP contribution in [0.2, 0.25) is 5.02 Å². The fraction of sp³-hybridized carbons (Fsp3) is 0.154. The summed E-state index contributed by atoms with van der Waals surface area (Å²) in [5, 5.41) is 2.91. The van der Waals surface area contributed by atoms with Gasteiger partial charge in [-0.05, 0) is 30.7 Å². The molecule has 1 aromatic heterocycles. The van der Waals surface area contributed by atoms with E-state index in [9.17, 15) is 12.8 Å². The van der Waals surface area contributed by atoms with E-state index in [1.54, 1.807) is 14.0 Å². The molecule has 0 atom stereocenters. The summed E-state index contributed by atoms with van der Waals surface area (Å²) in [6.07, 6.45) is 1.17. The van der Waals surface area contributed by atoms with Gasteiger partial charge in [0.15, 0.2) is 0 Å². The van der Waals surface area contributed by atoms with Crippen molar-refractivity contribution in [2.24, 2.45) is 0 Å². The number of nitrogens with zero attached hydrogens (tertiary/aromatic N) is 1. The molecule has 2 rings (SSSR count). The van der Waals surface area contributed by atoms with Gasteiger partial charge < -0.3 is 5.32 Å². The van der Waals surface area contributed by atoms with Crippen molar-refractivity contribution in [3.05, 3.63) is 46.9 Å². The maximum absolute atomic E-state index is 13.4. The SMILES string of the molecule is CNc1ncc(S(=O)(=O)Nc2ccc(C)c(F)c2)cc1Cl. The van der Waals surface area contributed by atoms with Gasteiger partial charge in [0.05, 0.1) is 10.7 Å². The molecule has 0 saturated carbocycles. The Morgan fingerprint density at radius 2 is 2.00 bits per heavy atom. The van der Waals surface area contributed by atoms with E-state index in [2.05, 4.69) is 15.0 Å². The Balaban J connectivity index is 2.33. The summed E-state index contributed by atoms with van der Waals surface area (Å²) in [4.78, 5) is 3.80. The molecular formula is C13H13ClFN3O2S. The van der Waals surface area contributed by atoms with Crippen molar-refractivity contribution in [2.75, 3.05) is 17.1 Å². The van der Waals surface area contributed by atoms with Crippen LogP contribution in [-0.4, -0.2) is 20.4 Å². The standard InChI is InChI=1S/C13H13ClFN3O2S/c1-8-3-4-9(5-12(8)15)18-21(19,20)10-6-11(14)13(16-2)17-7-10/h3-7,18H,1-2H3,(H,16,17). The third kappa shape index (κ3) is 3.43. The molecule has 0 radical (unpaired) electrons. The molecule has 1 heterocycles. The monoisotopic (exact) mass is 329 g/mol. The number of anilines is 2. The van der Waals surface area contributed by atoms with E-state index >= 15 is 0 Å². The predicted molar refractivity (Wildman–Crippen MR) is 80.7 cm³/mol. The maximum atomic E-state index is 13.4. The number of hydrogen-bond acceptors (Lipinski definition) is 4. The number of sulfonamides is 1. The van der Waals surface area contributed by atoms with E-state index in [0.717, 1.165) is 6.07 Å². The highest BCUT2D eigenvalue weighted by atomic mass is 35.5. The summed E-state index contributed by atoms with van der Waals surface area (Å²) >= 11 is 5.91. The molecule has 0 fully saturated rings. The van der Waals surface area contributed by atoms with Gasteiger partial charge in [0.1, 0.15) is 16.5 Å². The molecule has 2 N–H and O–H groups in total. The molecule has 0 aliphatic rings. The summed E-state index contributed by atoms with van der Waals surface area (Å²) in [7, 11) is -2.26. The topological polar surface area (TPSA) is 71.1 Å². The quantitative estimate of drug-likeness (QED) is 0.904. The maximum Gasteiger partial charge on any atom is 0.263 e. The van der Waals surface area contributed by atoms with Crippen LogP contribution in [0.5, 0.6) is 0 Å². The average Bonchev–Trinajstić information content (AvgIpc) is 2.42. The van der Waals surface area contributed by atoms with Crippen LogP contribution in [0, 0.1) is 12.7 Å². The highest BCUT2D eigenvalue weighted by Gasteiger charge is 2.17. The van der Waals surface area contributed by atoms with E-state index in [4.69, 9.17) is 11.6 Å². The fourth-order valence-corrected chi connectivity index (χ4v) is 2.97. The fourth-order valence-electron chi connectivity index (χ4n) is 1.62. The molecule has 0 bridgehead atoms. The molecule has 1 aromatic carbocycles. The molecule has 0 aliphatic heterocycles. The minimum absolute atomic E-state index is 0.104. The number of nitrogens with one attached hydrogen (secondary N) is 2. The lowest BCUT2D eigenvalue weighted by atomic mass is 10.2. The third-order valence-electron chi connectivity index (χ3n) is 2.79. The minimum atomic E-state index is -3.88. The molecule has 0 saturated heterocycles. The largest absolute Gasteiger partial charge is 0.372 e. The molecule has 0 unspecified atom stereocenters. The second kappa shape index (κ2) is 5.87. The first-order chi connectivity index (χ1) is 9.83. The van der Waals surface area contributed by atoms with E-state index in [1.807, 2.05) is 0 Å². The van der Waals surface area contributed by atoms with Crippen LogP contribution < -0.4 is 10.0 Å². The summed E-state index contributed by atoms with van der Waals surface area (Å²) < 4.78 is 40.1. The number of aryl methyl sites for hydroxylation is 1. The average molecular weight is 330 g/mol. The minimum Gasteiger partial charge on any atom is -0.372 e. The van der Waals surface area contributed by atoms with Crippen molar-refractivity contribution in [1.29, 1.82) is 0 Å². The van der Waals surface area contributed by atoms with E-state index in [1.165, 1.54) is 24.4 Å². The Morgan fingerprint density at radius 1 is 1.29 bits per heavy atom. The zero-order chi connectivity index (χ0) is 15.6. The smallest absolute Gasteiger partial charge is 0.263 e. The van der Waals surface area contributed by atoms with Crippen molar-refractivity contribution in [2.45, 2.75) is 11.8 Å². The van der Waals surface area contributed by atoms with Gasteiger partial charge in [-0.15, -0.1) is 0 Å². The highest BCUT2D eigenvalue weighted by molar-refractivity contribution is 7.92. The van der Waals surface area contributed by atoms with Crippen LogP contribution in [0.25, 0.3) is 0 Å². The van der Waals surface area contributed by atoms with Crippen molar-refractivity contribution in [3.8, 4) is 0 Å². The number of pyridine rings is 1. The van der Waals surface area contributed by atoms with Gasteiger partial charge in [-0.2, -0.15) is 0 Å². The van der Waals surface area contributed by atoms with Crippen LogP contribution >= 0.6 is 11.6 Å². The Labute approximate surface area is 127 Å². The van der Waals surface area contributed by atoms with Gasteiger partial charge in [0, 0.05) is 13.2 Å². The first-order valence-corrected chi connectivity index (χ1v) is 7.82. The van der Waals surface area contributed by atoms with E-state index in [-0.39, 0.29) is 15.6 Å². The second-order valence-electron chi connectivity index (χ2n) is 4.32. The lowest BCUT2D eigenvalue weighted by Crippen LogP contribution is -2.14. The van der Waals surface area contributed by atoms with Gasteiger partial charge in [0.2, 0.25) is 0 Å². The van der Waals surface area contributed by atoms with E-state index in [0.29, 0.717) is 11.4 Å². The number of halogens is 2. The van der Waals surface area contributed by atoms with Crippen molar-refractivity contribution in [1.82, 2.24) is 4.98 Å². The van der Waals surface area contributed by atoms with Crippen LogP contribution in [0.1, 0.15) is 5.56 Å². The summed E-state index contributed by atoms with van der Waals surface area (Å²) in [5.74, 6) is -0.117. The van der Waals surface area contributed by atoms with Crippen LogP contribution in [0.3, 0.4) is 0 Å². The molecule has 0 amide bonds. The summed E-state index contributed by atoms with van der Waals surface area (Å²) in [6.45, 7) is 1.59. The third-order valence-corrected chi connectivity index (χ3v) is 4.42. The lowest BCUT2D eigenvalue weighted by Gasteiger charge is -2.10. The van der Waals surface area contributed by atoms with Crippen molar-refractivity contribution >= 4 is 33.1 Å². The van der Waals surface area contributed by atoms with Crippen LogP contribution in [-0.2, 0) is 10.0 Å². The van der Waals surface area contributed by atoms with Gasteiger partial charge in [-0.3, -0.25) is 4.72 Å². The van der Waals surface area contributed by atoms with Gasteiger partial charge >= 0.3 is 0 Å². The molecule has 0 spiro atoms. The van der Waals surface area contributed by atoms with Crippen molar-refractivity contribution in [3.63, 3.8) is 0 Å². The van der Waals surface area contributed by atoms with Gasteiger partial charge in [0.25, 0.3) is 10.0 Å². The molecule has 112 valence electrons. The van der Waals surface area contributed by atoms with Crippen LogP contribution in [0.15, 0.2) is 35.4 Å². The predicted octanol–water partition coefficient (Wildman–Crippen LogP) is 3.03. The lowest BCUT2D eigenvalue weighted by molar-refractivity contribution is 0.600. The van der Waals surface area contributed by atoms with Crippen molar-refractivity contribution < 1.29 is 12.8 Å². The second-order valence-corrected chi connectivity index (χ2v) is 6.41. The van der Waals surface area contributed by atoms with Gasteiger partial charge in [-0.25, -0.2) is 17.8 Å². The number of aromatic nitrogens is 1. The first-order valence-electron chi connectivity index (χ1n) is 5.96. The Bertz CT molecular complexity index is 781. The van der Waals surface area contributed by atoms with Gasteiger partial charge in [-0.1, -0.05) is 17.7 Å². The normalized spacial score (nSPS) is 11.2. The Kier molecular flexibility index (Phi) is 4.34. The molecule has 21 heavy (non-hydrogen) atoms. The zero-order valence-corrected chi connectivity index (χ0v) is 12.9. The zero-order valence-electron chi connectivity index (χ0n) is 11.3. The highest BCUT2D eigenvalue weighted by Crippen LogP contribution is 2.24. The van der Waals surface area contributed by atoms with Crippen LogP contribution in [0.4, 0.5) is 15.9 Å². The summed E-state index contributed by atoms with van der Waals surface area (Å²) in [5.41, 5.74) is 0.563. The molecule has 0 aliphatic carbocycles. The molecule has 2 aromatic rings. The number of benzene rings is 1. The Morgan fingerprint density at radius 3 is 2.57 bits per heavy atom. The first kappa shape index (κ1) is 15.5. The Hall–Kier alpha value is -1.86. The number of hydrogen-bond donors (Lipinski definition) is 2. The van der Waals surface area contributed by atoms with E-state index < -0.39 is 15.8 Å². The summed E-state index contributed by atoms with van der Waals surface area (Å²) in [6, 6.07) is 5.35. The molecular weight excluding hydrogens is 317 g/mol. The molecule has 5 nitrogen and oxygen atoms in total.